The van der Waals surface area contributed by atoms with Gasteiger partial charge in [-0.3, -0.25) is 14.9 Å². The van der Waals surface area contributed by atoms with Gasteiger partial charge in [-0.25, -0.2) is 0 Å². The zero-order valence-corrected chi connectivity index (χ0v) is 26.3. The summed E-state index contributed by atoms with van der Waals surface area (Å²) in [4.78, 5) is 19.9. The number of pyridine rings is 1. The van der Waals surface area contributed by atoms with E-state index in [9.17, 15) is 4.79 Å². The Morgan fingerprint density at radius 3 is 2.75 bits per heavy atom. The number of benzene rings is 1. The van der Waals surface area contributed by atoms with E-state index in [1.807, 2.05) is 23.6 Å². The molecule has 5 heterocycles. The van der Waals surface area contributed by atoms with Gasteiger partial charge in [0.2, 0.25) is 5.91 Å². The monoisotopic (exact) mass is 602 g/mol. The van der Waals surface area contributed by atoms with E-state index in [1.54, 1.807) is 6.20 Å². The van der Waals surface area contributed by atoms with Crippen LogP contribution in [0.5, 0.6) is 0 Å². The first-order valence-corrected chi connectivity index (χ1v) is 16.3. The number of thiophene rings is 1. The number of anilines is 1. The number of nitrogens with one attached hydrogen (secondary N) is 4. The molecule has 1 aliphatic carbocycles. The van der Waals surface area contributed by atoms with Crippen molar-refractivity contribution in [2.45, 2.75) is 46.5 Å². The molecule has 2 aliphatic heterocycles. The van der Waals surface area contributed by atoms with E-state index in [2.05, 4.69) is 95.4 Å². The summed E-state index contributed by atoms with van der Waals surface area (Å²) < 4.78 is 0. The number of allylic oxidation sites excluding steroid dienone is 6. The number of aryl methyl sites for hydroxylation is 1. The van der Waals surface area contributed by atoms with Gasteiger partial charge in [-0.2, -0.15) is 5.10 Å². The summed E-state index contributed by atoms with van der Waals surface area (Å²) in [5.41, 5.74) is 10.8. The van der Waals surface area contributed by atoms with E-state index in [0.717, 1.165) is 71.5 Å². The fourth-order valence-electron chi connectivity index (χ4n) is 6.59. The first-order valence-electron chi connectivity index (χ1n) is 15.5. The smallest absolute Gasteiger partial charge is 0.224 e. The van der Waals surface area contributed by atoms with Crippen LogP contribution in [0, 0.1) is 18.8 Å². The number of carbonyl (C=O) groups excluding carboxylic acids is 1. The number of rotatable bonds is 6. The molecular formula is C36H38N6OS. The van der Waals surface area contributed by atoms with Gasteiger partial charge in [-0.15, -0.1) is 11.3 Å². The molecule has 224 valence electrons. The van der Waals surface area contributed by atoms with Crippen molar-refractivity contribution in [3.8, 4) is 11.1 Å². The normalized spacial score (nSPS) is 19.1. The van der Waals surface area contributed by atoms with Crippen molar-refractivity contribution in [3.63, 3.8) is 0 Å². The number of nitrogens with zero attached hydrogens (tertiary/aromatic N) is 2. The third kappa shape index (κ3) is 5.67. The van der Waals surface area contributed by atoms with Gasteiger partial charge in [0.25, 0.3) is 0 Å². The van der Waals surface area contributed by atoms with Crippen LogP contribution < -0.4 is 16.0 Å². The highest BCUT2D eigenvalue weighted by Gasteiger charge is 2.28. The van der Waals surface area contributed by atoms with E-state index in [0.29, 0.717) is 12.3 Å². The molecule has 7 nitrogen and oxygen atoms in total. The number of aromatic nitrogens is 3. The summed E-state index contributed by atoms with van der Waals surface area (Å²) in [7, 11) is 0. The topological polar surface area (TPSA) is 94.7 Å². The van der Waals surface area contributed by atoms with Gasteiger partial charge in [0.15, 0.2) is 0 Å². The lowest BCUT2D eigenvalue weighted by Crippen LogP contribution is -2.30. The standard InChI is InChI=1S/C36H38N6OS/c1-21-5-4-6-28(32-10-7-23(3)44-32)29-15-22(2)35(40-34(21)29)36-30-18-25(8-9-31(30)41-42-36)26-17-27(20-38-19-26)39-33(43)16-24-11-13-37-14-12-24/h4-10,17-21,24,37,40H,11-16H2,1-3H3,(H,39,43)(H,41,42)/t21-/m1/s1. The second kappa shape index (κ2) is 12.0. The van der Waals surface area contributed by atoms with Crippen molar-refractivity contribution >= 4 is 45.1 Å². The van der Waals surface area contributed by atoms with Crippen LogP contribution in [-0.2, 0) is 4.79 Å². The lowest BCUT2D eigenvalue weighted by atomic mass is 9.88. The summed E-state index contributed by atoms with van der Waals surface area (Å²) in [6, 6.07) is 12.8. The molecule has 4 aromatic rings. The minimum atomic E-state index is 0.0534. The summed E-state index contributed by atoms with van der Waals surface area (Å²) in [5, 5.41) is 19.4. The number of amides is 1. The van der Waals surface area contributed by atoms with Gasteiger partial charge in [0, 0.05) is 44.9 Å². The van der Waals surface area contributed by atoms with Crippen molar-refractivity contribution < 1.29 is 4.79 Å². The first-order chi connectivity index (χ1) is 21.4. The van der Waals surface area contributed by atoms with Crippen LogP contribution in [0.25, 0.3) is 33.3 Å². The Balaban J connectivity index is 1.16. The quantitative estimate of drug-likeness (QED) is 0.182. The van der Waals surface area contributed by atoms with Gasteiger partial charge in [-0.05, 0) is 105 Å². The molecule has 0 unspecified atom stereocenters. The lowest BCUT2D eigenvalue weighted by molar-refractivity contribution is -0.117. The molecule has 1 fully saturated rings. The predicted molar refractivity (Wildman–Crippen MR) is 181 cm³/mol. The number of H-pyrrole nitrogens is 1. The van der Waals surface area contributed by atoms with Gasteiger partial charge in [-0.1, -0.05) is 31.2 Å². The number of carbonyl (C=O) groups is 1. The molecule has 0 saturated carbocycles. The molecule has 3 aromatic heterocycles. The largest absolute Gasteiger partial charge is 0.356 e. The summed E-state index contributed by atoms with van der Waals surface area (Å²) in [5.74, 6) is 0.743. The Morgan fingerprint density at radius 1 is 1.07 bits per heavy atom. The van der Waals surface area contributed by atoms with Crippen molar-refractivity contribution in [1.29, 1.82) is 0 Å². The maximum Gasteiger partial charge on any atom is 0.224 e. The number of fused-ring (bicyclic) bond motifs is 1. The van der Waals surface area contributed by atoms with Crippen LogP contribution in [0.15, 0.2) is 83.9 Å². The van der Waals surface area contributed by atoms with E-state index in [-0.39, 0.29) is 11.8 Å². The highest BCUT2D eigenvalue weighted by Crippen LogP contribution is 2.42. The molecule has 0 spiro atoms. The minimum absolute atomic E-state index is 0.0534. The number of hydrogen-bond acceptors (Lipinski definition) is 6. The molecule has 3 aliphatic rings. The second-order valence-corrected chi connectivity index (χ2v) is 13.5. The van der Waals surface area contributed by atoms with Crippen molar-refractivity contribution in [3.05, 3.63) is 99.3 Å². The molecule has 1 atom stereocenters. The maximum atomic E-state index is 12.8. The zero-order chi connectivity index (χ0) is 30.2. The molecule has 1 aromatic carbocycles. The van der Waals surface area contributed by atoms with Crippen LogP contribution in [0.4, 0.5) is 5.69 Å². The minimum Gasteiger partial charge on any atom is -0.356 e. The van der Waals surface area contributed by atoms with Gasteiger partial charge >= 0.3 is 0 Å². The Labute approximate surface area is 262 Å². The Bertz CT molecular complexity index is 1870. The number of aromatic amines is 1. The Hall–Kier alpha value is -4.27. The molecule has 1 amide bonds. The van der Waals surface area contributed by atoms with E-state index in [1.165, 1.54) is 32.2 Å². The first kappa shape index (κ1) is 28.5. The van der Waals surface area contributed by atoms with E-state index < -0.39 is 0 Å². The van der Waals surface area contributed by atoms with Crippen LogP contribution >= 0.6 is 11.3 Å². The van der Waals surface area contributed by atoms with Gasteiger partial charge < -0.3 is 16.0 Å². The average molecular weight is 603 g/mol. The van der Waals surface area contributed by atoms with Gasteiger partial charge in [0.1, 0.15) is 5.69 Å². The molecular weight excluding hydrogens is 565 g/mol. The van der Waals surface area contributed by atoms with Crippen LogP contribution in [0.3, 0.4) is 0 Å². The van der Waals surface area contributed by atoms with Crippen LogP contribution in [0.2, 0.25) is 0 Å². The number of piperidine rings is 1. The van der Waals surface area contributed by atoms with Crippen LogP contribution in [0.1, 0.15) is 55.0 Å². The summed E-state index contributed by atoms with van der Waals surface area (Å²) in [6.45, 7) is 8.59. The number of dihydropyridines is 1. The summed E-state index contributed by atoms with van der Waals surface area (Å²) in [6.07, 6.45) is 13.8. The molecule has 0 bridgehead atoms. The zero-order valence-electron chi connectivity index (χ0n) is 25.5. The van der Waals surface area contributed by atoms with Crippen molar-refractivity contribution in [2.24, 2.45) is 11.8 Å². The fourth-order valence-corrected chi connectivity index (χ4v) is 7.51. The predicted octanol–water partition coefficient (Wildman–Crippen LogP) is 7.59. The van der Waals surface area contributed by atoms with Crippen molar-refractivity contribution in [1.82, 2.24) is 25.8 Å². The molecule has 0 radical (unpaired) electrons. The molecule has 44 heavy (non-hydrogen) atoms. The number of hydrogen-bond donors (Lipinski definition) is 4. The summed E-state index contributed by atoms with van der Waals surface area (Å²) >= 11 is 1.85. The average Bonchev–Trinajstić information content (AvgIpc) is 3.61. The SMILES string of the molecule is CC1=C(c2n[nH]c3ccc(-c4cncc(NC(=O)CC5CCNCC5)c4)cc23)NC2=C(C1)C(c1ccc(C)s1)=CC=C[C@H]2C. The lowest BCUT2D eigenvalue weighted by Gasteiger charge is -2.28. The maximum absolute atomic E-state index is 12.8. The van der Waals surface area contributed by atoms with Gasteiger partial charge in [0.05, 0.1) is 23.1 Å². The van der Waals surface area contributed by atoms with Crippen molar-refractivity contribution in [2.75, 3.05) is 18.4 Å². The third-order valence-corrected chi connectivity index (χ3v) is 10.0. The van der Waals surface area contributed by atoms with E-state index >= 15 is 0 Å². The Morgan fingerprint density at radius 2 is 1.93 bits per heavy atom. The molecule has 1 saturated heterocycles. The van der Waals surface area contributed by atoms with E-state index in [4.69, 9.17) is 5.10 Å². The fraction of sp³-hybridized carbons (Fsp3) is 0.306. The molecule has 4 N–H and O–H groups in total. The molecule has 7 rings (SSSR count). The molecule has 8 heteroatoms. The highest BCUT2D eigenvalue weighted by molar-refractivity contribution is 7.13. The Kier molecular flexibility index (Phi) is 7.78. The second-order valence-electron chi connectivity index (χ2n) is 12.3. The highest BCUT2D eigenvalue weighted by atomic mass is 32.1. The third-order valence-electron chi connectivity index (χ3n) is 8.99. The van der Waals surface area contributed by atoms with Crippen LogP contribution in [-0.4, -0.2) is 34.2 Å².